The molecule has 0 aromatic heterocycles. The molecular weight excluding hydrogens is 493 g/mol. The molecule has 0 unspecified atom stereocenters. The van der Waals surface area contributed by atoms with Crippen LogP contribution in [0.15, 0.2) is 121 Å². The molecule has 0 aliphatic rings. The van der Waals surface area contributed by atoms with Crippen LogP contribution in [0.25, 0.3) is 0 Å². The lowest BCUT2D eigenvalue weighted by Gasteiger charge is -2.36. The molecule has 35 heavy (non-hydrogen) atoms. The third kappa shape index (κ3) is 9.79. The second-order valence-corrected chi connectivity index (χ2v) is 17.5. The summed E-state index contributed by atoms with van der Waals surface area (Å²) >= 11 is 0. The summed E-state index contributed by atoms with van der Waals surface area (Å²) in [4.78, 5) is 25.6. The fourth-order valence-corrected chi connectivity index (χ4v) is 7.77. The van der Waals surface area contributed by atoms with E-state index in [0.717, 1.165) is 0 Å². The lowest BCUT2D eigenvalue weighted by molar-refractivity contribution is -0.432. The Morgan fingerprint density at radius 3 is 0.743 bits per heavy atom. The molecule has 4 nitrogen and oxygen atoms in total. The third-order valence-electron chi connectivity index (χ3n) is 5.61. The van der Waals surface area contributed by atoms with Gasteiger partial charge in [0.1, 0.15) is 0 Å². The topological polar surface area (TPSA) is 86.2 Å². The second kappa shape index (κ2) is 13.2. The number of rotatable bonds is 4. The summed E-state index contributed by atoms with van der Waals surface area (Å²) < 4.78 is 8.55. The number of benzene rings is 4. The van der Waals surface area contributed by atoms with E-state index in [-0.39, 0.29) is 1.43 Å². The first-order chi connectivity index (χ1) is 16.4. The van der Waals surface area contributed by atoms with Crippen molar-refractivity contribution in [3.63, 3.8) is 0 Å². The van der Waals surface area contributed by atoms with Gasteiger partial charge in [-0.2, -0.15) is 7.82 Å². The van der Waals surface area contributed by atoms with Crippen LogP contribution in [0.3, 0.4) is 0 Å². The molecule has 0 saturated heterocycles. The van der Waals surface area contributed by atoms with Crippen LogP contribution in [0.1, 0.15) is 1.43 Å². The van der Waals surface area contributed by atoms with Gasteiger partial charge in [-0.25, -0.2) is 0 Å². The van der Waals surface area contributed by atoms with Crippen LogP contribution in [0.2, 0.25) is 0 Å². The quantitative estimate of drug-likeness (QED) is 0.383. The Bertz CT molecular complexity index is 1010. The molecule has 0 aliphatic heterocycles. The van der Waals surface area contributed by atoms with Crippen molar-refractivity contribution >= 4 is 43.6 Å². The first-order valence-electron chi connectivity index (χ1n) is 11.1. The Kier molecular flexibility index (Phi) is 11.0. The van der Waals surface area contributed by atoms with Crippen molar-refractivity contribution in [1.82, 2.24) is 0 Å². The number of phosphoric acid groups is 1. The molecule has 4 rings (SSSR count). The molecule has 4 aromatic rings. The van der Waals surface area contributed by atoms with Crippen LogP contribution >= 0.6 is 22.3 Å². The van der Waals surface area contributed by atoms with Gasteiger partial charge in [-0.1, -0.05) is 72.8 Å². The fourth-order valence-electron chi connectivity index (χ4n) is 3.50. The fraction of sp³-hybridized carbons (Fsp3) is 0.143. The molecule has 4 aromatic carbocycles. The van der Waals surface area contributed by atoms with Crippen molar-refractivity contribution in [2.75, 3.05) is 26.7 Å². The smallest absolute Gasteiger partial charge is 0.822 e. The van der Waals surface area contributed by atoms with Gasteiger partial charge < -0.3 is 19.2 Å². The molecule has 0 atom stereocenters. The Hall–Kier alpha value is -2.15. The molecule has 184 valence electrons. The van der Waals surface area contributed by atoms with E-state index in [2.05, 4.69) is 148 Å². The first kappa shape index (κ1) is 29.1. The van der Waals surface area contributed by atoms with E-state index in [4.69, 9.17) is 19.2 Å². The number of hydrogen-bond donors (Lipinski definition) is 0. The van der Waals surface area contributed by atoms with Crippen molar-refractivity contribution in [1.29, 1.82) is 0 Å². The molecule has 0 bridgehead atoms. The van der Waals surface area contributed by atoms with Crippen molar-refractivity contribution in [2.24, 2.45) is 0 Å². The van der Waals surface area contributed by atoms with Crippen LogP contribution < -0.4 is 35.9 Å². The third-order valence-corrected chi connectivity index (χ3v) is 12.0. The van der Waals surface area contributed by atoms with Crippen molar-refractivity contribution in [3.05, 3.63) is 121 Å². The summed E-state index contributed by atoms with van der Waals surface area (Å²) in [7, 11) is -7.68. The van der Waals surface area contributed by atoms with Crippen molar-refractivity contribution in [2.45, 2.75) is 0 Å². The lowest BCUT2D eigenvalue weighted by Crippen LogP contribution is -2.24. The molecule has 0 amide bonds. The monoisotopic (exact) mass is 526 g/mol. The van der Waals surface area contributed by atoms with Crippen LogP contribution in [-0.4, -0.2) is 26.7 Å². The second-order valence-electron chi connectivity index (χ2n) is 8.70. The van der Waals surface area contributed by atoms with Gasteiger partial charge in [0.25, 0.3) is 0 Å². The minimum Gasteiger partial charge on any atom is -0.822 e. The number of hydrogen-bond acceptors (Lipinski definition) is 4. The molecule has 0 spiro atoms. The maximum atomic E-state index is 8.55. The highest BCUT2D eigenvalue weighted by atomic mass is 31.2. The largest absolute Gasteiger partial charge is 1.00 e. The summed E-state index contributed by atoms with van der Waals surface area (Å²) in [6.45, 7) is 9.49. The summed E-state index contributed by atoms with van der Waals surface area (Å²) in [5.41, 5.74) is 0. The average molecular weight is 526 g/mol. The minimum absolute atomic E-state index is 0. The summed E-state index contributed by atoms with van der Waals surface area (Å²) in [5.74, 6) is 0. The van der Waals surface area contributed by atoms with Gasteiger partial charge in [0, 0.05) is 0 Å². The predicted molar refractivity (Wildman–Crippen MR) is 151 cm³/mol. The molecule has 0 heterocycles. The Labute approximate surface area is 212 Å². The summed E-state index contributed by atoms with van der Waals surface area (Å²) in [5, 5.41) is 5.87. The normalized spacial score (nSPS) is 11.4. The van der Waals surface area contributed by atoms with E-state index in [0.29, 0.717) is 0 Å². The molecule has 0 saturated carbocycles. The standard InChI is InChI=1S/2C14H16P.H3O4P/c2*1-15(2,13-9-5-3-6-10-13)14-11-7-4-8-12-14;1-5(2,3)4/h2*3-12H,1-2H3;(H3,1,2,3,4)/q2*+1;/p-2. The predicted octanol–water partition coefficient (Wildman–Crippen LogP) is 3.12. The van der Waals surface area contributed by atoms with E-state index >= 15 is 0 Å². The molecule has 7 heteroatoms. The zero-order valence-electron chi connectivity index (χ0n) is 21.5. The Morgan fingerprint density at radius 1 is 0.457 bits per heavy atom. The van der Waals surface area contributed by atoms with Gasteiger partial charge in [0.2, 0.25) is 0 Å². The van der Waals surface area contributed by atoms with E-state index in [1.807, 2.05) is 0 Å². The minimum atomic E-state index is -5.39. The van der Waals surface area contributed by atoms with Gasteiger partial charge in [0.05, 0.1) is 62.4 Å². The van der Waals surface area contributed by atoms with E-state index in [1.165, 1.54) is 21.2 Å². The highest BCUT2D eigenvalue weighted by Crippen LogP contribution is 2.48. The molecule has 0 N–H and O–H groups in total. The zero-order chi connectivity index (χ0) is 26.0. The highest BCUT2D eigenvalue weighted by Gasteiger charge is 2.31. The van der Waals surface area contributed by atoms with Crippen LogP contribution in [0.4, 0.5) is 0 Å². The van der Waals surface area contributed by atoms with Crippen LogP contribution in [0, 0.1) is 0 Å². The van der Waals surface area contributed by atoms with Crippen LogP contribution in [-0.2, 0) is 4.57 Å². The first-order valence-corrected chi connectivity index (χ1v) is 17.9. The maximum absolute atomic E-state index is 8.55. The Balaban J connectivity index is 0.000000298. The van der Waals surface area contributed by atoms with E-state index in [9.17, 15) is 0 Å². The molecular formula is C28H33O4P3. The van der Waals surface area contributed by atoms with Crippen molar-refractivity contribution < 1.29 is 20.7 Å². The van der Waals surface area contributed by atoms with E-state index in [1.54, 1.807) is 0 Å². The maximum Gasteiger partial charge on any atom is 1.00 e. The SMILES string of the molecule is C[P+](C)(c1ccccc1)c1ccccc1.C[P+](C)(c1ccccc1)c1ccccc1.O=P([O-])([O-])[O-].[H+]. The molecule has 0 aliphatic carbocycles. The van der Waals surface area contributed by atoms with Gasteiger partial charge in [-0.3, -0.25) is 0 Å². The van der Waals surface area contributed by atoms with Crippen LogP contribution in [0.5, 0.6) is 0 Å². The average Bonchev–Trinajstić information content (AvgIpc) is 2.86. The zero-order valence-corrected chi connectivity index (χ0v) is 23.2. The summed E-state index contributed by atoms with van der Waals surface area (Å²) in [6, 6.07) is 43.2. The lowest BCUT2D eigenvalue weighted by atomic mass is 10.4. The van der Waals surface area contributed by atoms with Gasteiger partial charge in [0.15, 0.2) is 0 Å². The summed E-state index contributed by atoms with van der Waals surface area (Å²) in [6.07, 6.45) is 0. The molecule has 0 fully saturated rings. The highest BCUT2D eigenvalue weighted by molar-refractivity contribution is 7.88. The van der Waals surface area contributed by atoms with Gasteiger partial charge in [-0.15, -0.1) is 0 Å². The Morgan fingerprint density at radius 2 is 0.600 bits per heavy atom. The van der Waals surface area contributed by atoms with E-state index < -0.39 is 22.3 Å². The van der Waals surface area contributed by atoms with Gasteiger partial charge >= 0.3 is 1.43 Å². The molecule has 0 radical (unpaired) electrons. The van der Waals surface area contributed by atoms with Gasteiger partial charge in [-0.05, 0) is 48.5 Å². The van der Waals surface area contributed by atoms with Crippen molar-refractivity contribution in [3.8, 4) is 0 Å².